The van der Waals surface area contributed by atoms with E-state index in [-0.39, 0.29) is 11.9 Å². The number of nitrogens with one attached hydrogen (secondary N) is 2. The molecule has 0 aromatic heterocycles. The number of rotatable bonds is 5. The monoisotopic (exact) mass is 255 g/mol. The van der Waals surface area contributed by atoms with Crippen LogP contribution >= 0.6 is 0 Å². The summed E-state index contributed by atoms with van der Waals surface area (Å²) in [5.41, 5.74) is 0. The van der Waals surface area contributed by atoms with Gasteiger partial charge in [-0.25, -0.2) is 0 Å². The molecule has 0 spiro atoms. The molecule has 5 heteroatoms. The minimum atomic E-state index is -0.0389. The number of hydrogen-bond donors (Lipinski definition) is 2. The largest absolute Gasteiger partial charge is 0.383 e. The Morgan fingerprint density at radius 3 is 3.00 bits per heavy atom. The van der Waals surface area contributed by atoms with Crippen molar-refractivity contribution in [3.8, 4) is 0 Å². The van der Waals surface area contributed by atoms with Crippen LogP contribution < -0.4 is 10.6 Å². The smallest absolute Gasteiger partial charge is 0.237 e. The number of amides is 1. The summed E-state index contributed by atoms with van der Waals surface area (Å²) in [6, 6.07) is 1.21. The zero-order chi connectivity index (χ0) is 13.0. The second kappa shape index (κ2) is 6.50. The average Bonchev–Trinajstić information content (AvgIpc) is 2.68. The Morgan fingerprint density at radius 2 is 2.22 bits per heavy atom. The van der Waals surface area contributed by atoms with Gasteiger partial charge in [-0.2, -0.15) is 0 Å². The maximum absolute atomic E-state index is 12.0. The first-order valence-corrected chi connectivity index (χ1v) is 6.97. The van der Waals surface area contributed by atoms with Crippen LogP contribution in [0.25, 0.3) is 0 Å². The van der Waals surface area contributed by atoms with E-state index in [4.69, 9.17) is 4.74 Å². The molecule has 3 unspecified atom stereocenters. The van der Waals surface area contributed by atoms with E-state index in [2.05, 4.69) is 15.5 Å². The van der Waals surface area contributed by atoms with Crippen LogP contribution in [-0.2, 0) is 9.53 Å². The van der Waals surface area contributed by atoms with E-state index in [9.17, 15) is 4.79 Å². The summed E-state index contributed by atoms with van der Waals surface area (Å²) in [6.45, 7) is 5.19. The molecule has 0 aliphatic carbocycles. The van der Waals surface area contributed by atoms with Gasteiger partial charge >= 0.3 is 0 Å². The van der Waals surface area contributed by atoms with Crippen molar-refractivity contribution < 1.29 is 9.53 Å². The molecule has 104 valence electrons. The molecular formula is C13H25N3O2. The second-order valence-electron chi connectivity index (χ2n) is 5.38. The number of fused-ring (bicyclic) bond motifs is 2. The van der Waals surface area contributed by atoms with Crippen molar-refractivity contribution in [1.29, 1.82) is 0 Å². The van der Waals surface area contributed by atoms with Gasteiger partial charge in [0.25, 0.3) is 0 Å². The van der Waals surface area contributed by atoms with Gasteiger partial charge in [-0.1, -0.05) is 0 Å². The molecule has 18 heavy (non-hydrogen) atoms. The van der Waals surface area contributed by atoms with Crippen molar-refractivity contribution in [3.05, 3.63) is 0 Å². The van der Waals surface area contributed by atoms with Gasteiger partial charge in [0.2, 0.25) is 5.91 Å². The molecule has 1 amide bonds. The Balaban J connectivity index is 1.80. The SMILES string of the molecule is COCCNC(=O)C(C)N1CCC2CCC(C1)N2. The lowest BCUT2D eigenvalue weighted by atomic mass is 10.1. The van der Waals surface area contributed by atoms with E-state index < -0.39 is 0 Å². The van der Waals surface area contributed by atoms with Crippen LogP contribution in [0.4, 0.5) is 0 Å². The van der Waals surface area contributed by atoms with Crippen molar-refractivity contribution >= 4 is 5.91 Å². The Labute approximate surface area is 109 Å². The molecule has 2 heterocycles. The first kappa shape index (κ1) is 13.8. The van der Waals surface area contributed by atoms with E-state index in [1.54, 1.807) is 7.11 Å². The van der Waals surface area contributed by atoms with Gasteiger partial charge in [0.1, 0.15) is 0 Å². The number of carbonyl (C=O) groups is 1. The molecule has 5 nitrogen and oxygen atoms in total. The van der Waals surface area contributed by atoms with E-state index in [0.717, 1.165) is 19.5 Å². The minimum Gasteiger partial charge on any atom is -0.383 e. The zero-order valence-electron chi connectivity index (χ0n) is 11.4. The Morgan fingerprint density at radius 1 is 1.44 bits per heavy atom. The molecular weight excluding hydrogens is 230 g/mol. The molecule has 0 saturated carbocycles. The molecule has 2 saturated heterocycles. The normalized spacial score (nSPS) is 29.9. The summed E-state index contributed by atoms with van der Waals surface area (Å²) in [7, 11) is 1.65. The molecule has 2 rings (SSSR count). The third-order valence-corrected chi connectivity index (χ3v) is 4.09. The van der Waals surface area contributed by atoms with Crippen molar-refractivity contribution in [1.82, 2.24) is 15.5 Å². The highest BCUT2D eigenvalue weighted by atomic mass is 16.5. The van der Waals surface area contributed by atoms with Gasteiger partial charge in [-0.05, 0) is 26.2 Å². The number of nitrogens with zero attached hydrogens (tertiary/aromatic N) is 1. The highest BCUT2D eigenvalue weighted by Gasteiger charge is 2.32. The van der Waals surface area contributed by atoms with Crippen LogP contribution in [0.15, 0.2) is 0 Å². The second-order valence-corrected chi connectivity index (χ2v) is 5.38. The van der Waals surface area contributed by atoms with E-state index in [1.807, 2.05) is 6.92 Å². The Kier molecular flexibility index (Phi) is 4.97. The third kappa shape index (κ3) is 3.43. The lowest BCUT2D eigenvalue weighted by Gasteiger charge is -2.29. The van der Waals surface area contributed by atoms with Gasteiger partial charge in [-0.15, -0.1) is 0 Å². The van der Waals surface area contributed by atoms with Crippen LogP contribution in [0.5, 0.6) is 0 Å². The number of methoxy groups -OCH3 is 1. The highest BCUT2D eigenvalue weighted by Crippen LogP contribution is 2.21. The summed E-state index contributed by atoms with van der Waals surface area (Å²) in [4.78, 5) is 14.3. The molecule has 2 fully saturated rings. The molecule has 2 N–H and O–H groups in total. The lowest BCUT2D eigenvalue weighted by molar-refractivity contribution is -0.126. The quantitative estimate of drug-likeness (QED) is 0.677. The highest BCUT2D eigenvalue weighted by molar-refractivity contribution is 5.81. The summed E-state index contributed by atoms with van der Waals surface area (Å²) in [6.07, 6.45) is 3.71. The standard InChI is InChI=1S/C13H25N3O2/c1-10(13(17)14-6-8-18-2)16-7-5-11-3-4-12(9-16)15-11/h10-12,15H,3-9H2,1-2H3,(H,14,17). The van der Waals surface area contributed by atoms with Crippen molar-refractivity contribution in [3.63, 3.8) is 0 Å². The molecule has 2 aliphatic heterocycles. The predicted molar refractivity (Wildman–Crippen MR) is 70.5 cm³/mol. The van der Waals surface area contributed by atoms with Crippen LogP contribution in [0, 0.1) is 0 Å². The molecule has 2 aliphatic rings. The van der Waals surface area contributed by atoms with Gasteiger partial charge in [0.05, 0.1) is 12.6 Å². The summed E-state index contributed by atoms with van der Waals surface area (Å²) >= 11 is 0. The Bertz CT molecular complexity index is 285. The Hall–Kier alpha value is -0.650. The van der Waals surface area contributed by atoms with Crippen LogP contribution in [-0.4, -0.2) is 62.3 Å². The van der Waals surface area contributed by atoms with E-state index in [1.165, 1.54) is 12.8 Å². The van der Waals surface area contributed by atoms with Gasteiger partial charge in [-0.3, -0.25) is 9.69 Å². The summed E-state index contributed by atoms with van der Waals surface area (Å²) in [5, 5.41) is 6.55. The van der Waals surface area contributed by atoms with Gasteiger partial charge in [0, 0.05) is 38.8 Å². The topological polar surface area (TPSA) is 53.6 Å². The van der Waals surface area contributed by atoms with Crippen molar-refractivity contribution in [2.75, 3.05) is 33.4 Å². The van der Waals surface area contributed by atoms with E-state index in [0.29, 0.717) is 25.2 Å². The van der Waals surface area contributed by atoms with Crippen molar-refractivity contribution in [2.24, 2.45) is 0 Å². The number of carbonyl (C=O) groups excluding carboxylic acids is 1. The zero-order valence-corrected chi connectivity index (χ0v) is 11.4. The van der Waals surface area contributed by atoms with Crippen LogP contribution in [0.2, 0.25) is 0 Å². The summed E-state index contributed by atoms with van der Waals surface area (Å²) in [5.74, 6) is 0.116. The van der Waals surface area contributed by atoms with Crippen molar-refractivity contribution in [2.45, 2.75) is 44.3 Å². The first-order valence-electron chi connectivity index (χ1n) is 6.97. The molecule has 0 radical (unpaired) electrons. The maximum atomic E-state index is 12.0. The number of likely N-dealkylation sites (tertiary alicyclic amines) is 1. The van der Waals surface area contributed by atoms with Gasteiger partial charge in [0.15, 0.2) is 0 Å². The summed E-state index contributed by atoms with van der Waals surface area (Å²) < 4.78 is 4.94. The fourth-order valence-corrected chi connectivity index (χ4v) is 2.91. The lowest BCUT2D eigenvalue weighted by Crippen LogP contribution is -2.48. The maximum Gasteiger partial charge on any atom is 0.237 e. The number of hydrogen-bond acceptors (Lipinski definition) is 4. The average molecular weight is 255 g/mol. The third-order valence-electron chi connectivity index (χ3n) is 4.09. The van der Waals surface area contributed by atoms with Gasteiger partial charge < -0.3 is 15.4 Å². The minimum absolute atomic E-state index is 0.0389. The van der Waals surface area contributed by atoms with Crippen LogP contribution in [0.3, 0.4) is 0 Å². The molecule has 3 atom stereocenters. The molecule has 0 aromatic carbocycles. The fraction of sp³-hybridized carbons (Fsp3) is 0.923. The first-order chi connectivity index (χ1) is 8.70. The molecule has 0 aromatic rings. The fourth-order valence-electron chi connectivity index (χ4n) is 2.91. The van der Waals surface area contributed by atoms with E-state index >= 15 is 0 Å². The molecule has 2 bridgehead atoms. The predicted octanol–water partition coefficient (Wildman–Crippen LogP) is -0.0362. The van der Waals surface area contributed by atoms with Crippen LogP contribution in [0.1, 0.15) is 26.2 Å². The number of ether oxygens (including phenoxy) is 1.